The normalized spacial score (nSPS) is 18.4. The summed E-state index contributed by atoms with van der Waals surface area (Å²) in [5.74, 6) is 1.59. The van der Waals surface area contributed by atoms with E-state index in [9.17, 15) is 0 Å². The van der Waals surface area contributed by atoms with E-state index in [1.165, 1.54) is 58.2 Å². The van der Waals surface area contributed by atoms with Crippen LogP contribution in [-0.2, 0) is 13.0 Å². The molecule has 0 amide bonds. The Labute approximate surface area is 141 Å². The summed E-state index contributed by atoms with van der Waals surface area (Å²) in [5, 5.41) is 17.2. The molecule has 0 aliphatic carbocycles. The van der Waals surface area contributed by atoms with E-state index < -0.39 is 0 Å². The first-order valence-electron chi connectivity index (χ1n) is 9.47. The molecule has 132 valence electrons. The van der Waals surface area contributed by atoms with Gasteiger partial charge in [-0.2, -0.15) is 0 Å². The molecule has 0 radical (unpaired) electrons. The summed E-state index contributed by atoms with van der Waals surface area (Å²) in [6.45, 7) is 9.48. The molecule has 1 atom stereocenters. The second-order valence-corrected chi connectivity index (χ2v) is 7.07. The highest BCUT2D eigenvalue weighted by Crippen LogP contribution is 2.22. The predicted octanol–water partition coefficient (Wildman–Crippen LogP) is 2.74. The van der Waals surface area contributed by atoms with Crippen molar-refractivity contribution in [3.05, 3.63) is 11.9 Å². The third kappa shape index (κ3) is 6.22. The summed E-state index contributed by atoms with van der Waals surface area (Å²) >= 11 is 0. The molecule has 1 aliphatic heterocycles. The van der Waals surface area contributed by atoms with Crippen LogP contribution in [0.3, 0.4) is 0 Å². The zero-order chi connectivity index (χ0) is 16.5. The molecule has 2 rings (SSSR count). The van der Waals surface area contributed by atoms with Gasteiger partial charge in [-0.3, -0.25) is 4.68 Å². The van der Waals surface area contributed by atoms with Crippen molar-refractivity contribution in [2.75, 3.05) is 26.2 Å². The number of hydrogen-bond donors (Lipinski definition) is 1. The fourth-order valence-corrected chi connectivity index (χ4v) is 3.56. The lowest BCUT2D eigenvalue weighted by Gasteiger charge is -2.34. The lowest BCUT2D eigenvalue weighted by atomic mass is 9.94. The monoisotopic (exact) mass is 322 g/mol. The molecule has 0 spiro atoms. The van der Waals surface area contributed by atoms with Crippen LogP contribution in [0.1, 0.15) is 58.1 Å². The van der Waals surface area contributed by atoms with Gasteiger partial charge in [0.15, 0.2) is 0 Å². The molecule has 1 saturated heterocycles. The zero-order valence-corrected chi connectivity index (χ0v) is 15.0. The van der Waals surface area contributed by atoms with Gasteiger partial charge in [0.05, 0.1) is 5.69 Å². The second-order valence-electron chi connectivity index (χ2n) is 7.07. The number of aliphatic hydroxyl groups is 1. The van der Waals surface area contributed by atoms with Crippen LogP contribution >= 0.6 is 0 Å². The van der Waals surface area contributed by atoms with E-state index in [4.69, 9.17) is 5.11 Å². The van der Waals surface area contributed by atoms with Gasteiger partial charge in [0.25, 0.3) is 0 Å². The molecule has 0 bridgehead atoms. The van der Waals surface area contributed by atoms with Crippen molar-refractivity contribution >= 4 is 0 Å². The number of likely N-dealkylation sites (tertiary alicyclic amines) is 1. The van der Waals surface area contributed by atoms with E-state index in [-0.39, 0.29) is 6.61 Å². The average molecular weight is 322 g/mol. The van der Waals surface area contributed by atoms with Gasteiger partial charge in [0.1, 0.15) is 0 Å². The van der Waals surface area contributed by atoms with Crippen molar-refractivity contribution in [1.29, 1.82) is 0 Å². The molecule has 0 aromatic carbocycles. The Morgan fingerprint density at radius 2 is 2.09 bits per heavy atom. The number of hydrogen-bond acceptors (Lipinski definition) is 4. The highest BCUT2D eigenvalue weighted by atomic mass is 16.3. The number of aliphatic hydroxyl groups excluding tert-OH is 1. The predicted molar refractivity (Wildman–Crippen MR) is 93.3 cm³/mol. The summed E-state index contributed by atoms with van der Waals surface area (Å²) in [5.41, 5.74) is 0.895. The first-order valence-corrected chi connectivity index (χ1v) is 9.47. The maximum Gasteiger partial charge on any atom is 0.0849 e. The molecule has 0 unspecified atom stereocenters. The van der Waals surface area contributed by atoms with Crippen LogP contribution in [0.15, 0.2) is 6.20 Å². The molecule has 1 aromatic heterocycles. The number of nitrogens with zero attached hydrogens (tertiary/aromatic N) is 4. The molecular formula is C18H34N4O. The van der Waals surface area contributed by atoms with E-state index in [1.807, 2.05) is 10.9 Å². The van der Waals surface area contributed by atoms with Gasteiger partial charge in [0, 0.05) is 32.3 Å². The van der Waals surface area contributed by atoms with E-state index in [0.717, 1.165) is 18.2 Å². The summed E-state index contributed by atoms with van der Waals surface area (Å²) in [6, 6.07) is 0. The van der Waals surface area contributed by atoms with Gasteiger partial charge in [-0.15, -0.1) is 5.10 Å². The van der Waals surface area contributed by atoms with Crippen LogP contribution < -0.4 is 0 Å². The molecule has 2 heterocycles. The third-order valence-corrected chi connectivity index (χ3v) is 5.17. The Balaban J connectivity index is 1.70. The molecular weight excluding hydrogens is 288 g/mol. The smallest absolute Gasteiger partial charge is 0.0849 e. The van der Waals surface area contributed by atoms with Gasteiger partial charge in [-0.1, -0.05) is 38.3 Å². The van der Waals surface area contributed by atoms with Crippen LogP contribution in [0.2, 0.25) is 0 Å². The number of aromatic nitrogens is 3. The summed E-state index contributed by atoms with van der Waals surface area (Å²) in [6.07, 6.45) is 10.5. The van der Waals surface area contributed by atoms with Crippen molar-refractivity contribution in [3.63, 3.8) is 0 Å². The molecule has 1 N–H and O–H groups in total. The minimum atomic E-state index is 0.147. The SMILES string of the molecule is CCCC[C@@H](CC)CN1CCC(Cn2cc(CCO)nn2)CC1. The van der Waals surface area contributed by atoms with Crippen LogP contribution in [0, 0.1) is 11.8 Å². The van der Waals surface area contributed by atoms with Gasteiger partial charge >= 0.3 is 0 Å². The number of unbranched alkanes of at least 4 members (excludes halogenated alkanes) is 1. The summed E-state index contributed by atoms with van der Waals surface area (Å²) in [4.78, 5) is 2.67. The zero-order valence-electron chi connectivity index (χ0n) is 15.0. The molecule has 23 heavy (non-hydrogen) atoms. The molecule has 1 fully saturated rings. The van der Waals surface area contributed by atoms with Gasteiger partial charge in [0.2, 0.25) is 0 Å². The minimum Gasteiger partial charge on any atom is -0.396 e. The Hall–Kier alpha value is -0.940. The highest BCUT2D eigenvalue weighted by molar-refractivity contribution is 4.92. The Kier molecular flexibility index (Phi) is 8.03. The standard InChI is InChI=1S/C18H34N4O/c1-3-5-6-16(4-2)13-21-10-7-17(8-11-21)14-22-15-18(9-12-23)19-20-22/h15-17,23H,3-14H2,1-2H3/t16-/m1/s1. The third-order valence-electron chi connectivity index (χ3n) is 5.17. The summed E-state index contributed by atoms with van der Waals surface area (Å²) in [7, 11) is 0. The quantitative estimate of drug-likeness (QED) is 0.719. The fraction of sp³-hybridized carbons (Fsp3) is 0.889. The van der Waals surface area contributed by atoms with E-state index in [2.05, 4.69) is 29.1 Å². The van der Waals surface area contributed by atoms with Crippen LogP contribution in [0.5, 0.6) is 0 Å². The van der Waals surface area contributed by atoms with E-state index in [0.29, 0.717) is 12.3 Å². The van der Waals surface area contributed by atoms with Crippen LogP contribution in [-0.4, -0.2) is 51.2 Å². The van der Waals surface area contributed by atoms with Gasteiger partial charge in [-0.25, -0.2) is 0 Å². The molecule has 1 aromatic rings. The van der Waals surface area contributed by atoms with E-state index >= 15 is 0 Å². The van der Waals surface area contributed by atoms with Crippen molar-refractivity contribution in [2.24, 2.45) is 11.8 Å². The number of piperidine rings is 1. The lowest BCUT2D eigenvalue weighted by Crippen LogP contribution is -2.38. The largest absolute Gasteiger partial charge is 0.396 e. The van der Waals surface area contributed by atoms with Gasteiger partial charge in [-0.05, 0) is 44.2 Å². The first kappa shape index (κ1) is 18.4. The van der Waals surface area contributed by atoms with Crippen LogP contribution in [0.25, 0.3) is 0 Å². The molecule has 1 aliphatic rings. The molecule has 5 nitrogen and oxygen atoms in total. The maximum atomic E-state index is 8.94. The van der Waals surface area contributed by atoms with Crippen molar-refractivity contribution in [1.82, 2.24) is 19.9 Å². The topological polar surface area (TPSA) is 54.2 Å². The van der Waals surface area contributed by atoms with Crippen LogP contribution in [0.4, 0.5) is 0 Å². The molecule has 5 heteroatoms. The lowest BCUT2D eigenvalue weighted by molar-refractivity contribution is 0.145. The highest BCUT2D eigenvalue weighted by Gasteiger charge is 2.21. The van der Waals surface area contributed by atoms with Crippen molar-refractivity contribution in [2.45, 2.75) is 65.3 Å². The maximum absolute atomic E-state index is 8.94. The molecule has 0 saturated carbocycles. The van der Waals surface area contributed by atoms with Crippen molar-refractivity contribution in [3.8, 4) is 0 Å². The fourth-order valence-electron chi connectivity index (χ4n) is 3.56. The van der Waals surface area contributed by atoms with Gasteiger partial charge < -0.3 is 10.0 Å². The summed E-state index contributed by atoms with van der Waals surface area (Å²) < 4.78 is 1.96. The van der Waals surface area contributed by atoms with Crippen molar-refractivity contribution < 1.29 is 5.11 Å². The number of rotatable bonds is 10. The Bertz CT molecular complexity index is 426. The second kappa shape index (κ2) is 10.0. The Morgan fingerprint density at radius 3 is 2.74 bits per heavy atom. The van der Waals surface area contributed by atoms with E-state index in [1.54, 1.807) is 0 Å². The average Bonchev–Trinajstić information content (AvgIpc) is 3.00. The first-order chi connectivity index (χ1) is 11.2. The minimum absolute atomic E-state index is 0.147. The Morgan fingerprint density at radius 1 is 1.30 bits per heavy atom.